The normalized spacial score (nSPS) is 15.0. The van der Waals surface area contributed by atoms with Crippen LogP contribution in [-0.4, -0.2) is 52.3 Å². The van der Waals surface area contributed by atoms with E-state index in [2.05, 4.69) is 20.9 Å². The zero-order valence-corrected chi connectivity index (χ0v) is 24.0. The molecule has 3 aromatic rings. The Bertz CT molecular complexity index is 1550. The Hall–Kier alpha value is -4.70. The minimum atomic E-state index is -0.604. The number of benzene rings is 2. The van der Waals surface area contributed by atoms with Crippen LogP contribution in [0.1, 0.15) is 28.5 Å². The van der Waals surface area contributed by atoms with Crippen LogP contribution in [0.25, 0.3) is 0 Å². The number of carbonyl (C=O) groups excluding carboxylic acids is 3. The van der Waals surface area contributed by atoms with Gasteiger partial charge in [-0.2, -0.15) is 0 Å². The van der Waals surface area contributed by atoms with Crippen molar-refractivity contribution in [2.45, 2.75) is 20.4 Å². The number of halogens is 2. The third-order valence-corrected chi connectivity index (χ3v) is 6.89. The summed E-state index contributed by atoms with van der Waals surface area (Å²) < 4.78 is 14.4. The zero-order valence-electron chi connectivity index (χ0n) is 23.3. The predicted octanol–water partition coefficient (Wildman–Crippen LogP) is 4.99. The minimum Gasteiger partial charge on any atom is -0.384 e. The molecule has 0 radical (unpaired) electrons. The van der Waals surface area contributed by atoms with Crippen LogP contribution in [0.15, 0.2) is 84.2 Å². The molecule has 1 unspecified atom stereocenters. The van der Waals surface area contributed by atoms with E-state index in [-0.39, 0.29) is 42.2 Å². The van der Waals surface area contributed by atoms with E-state index in [0.29, 0.717) is 34.8 Å². The van der Waals surface area contributed by atoms with Crippen LogP contribution in [0.5, 0.6) is 0 Å². The van der Waals surface area contributed by atoms with Crippen LogP contribution in [-0.2, 0) is 16.1 Å². The number of hydrogen-bond donors (Lipinski definition) is 5. The number of aromatic nitrogens is 1. The molecule has 42 heavy (non-hydrogen) atoms. The maximum Gasteiger partial charge on any atom is 0.273 e. The molecule has 4 rings (SSSR count). The van der Waals surface area contributed by atoms with Gasteiger partial charge in [-0.15, -0.1) is 11.6 Å². The lowest BCUT2D eigenvalue weighted by Gasteiger charge is -2.35. The number of rotatable bonds is 10. The Labute approximate surface area is 248 Å². The van der Waals surface area contributed by atoms with E-state index in [9.17, 15) is 18.8 Å². The highest BCUT2D eigenvalue weighted by Crippen LogP contribution is 2.25. The van der Waals surface area contributed by atoms with Crippen LogP contribution < -0.4 is 16.0 Å². The molecular formula is C31H32ClFN6O3. The third kappa shape index (κ3) is 7.52. The maximum atomic E-state index is 14.4. The van der Waals surface area contributed by atoms with Crippen LogP contribution in [0, 0.1) is 24.1 Å². The quantitative estimate of drug-likeness (QED) is 0.129. The molecule has 0 saturated heterocycles. The van der Waals surface area contributed by atoms with Crippen LogP contribution >= 0.6 is 11.6 Å². The number of aromatic amines is 1. The van der Waals surface area contributed by atoms with E-state index < -0.39 is 17.6 Å². The zero-order chi connectivity index (χ0) is 30.2. The Morgan fingerprint density at radius 1 is 1.14 bits per heavy atom. The number of amides is 3. The van der Waals surface area contributed by atoms with Gasteiger partial charge in [0.1, 0.15) is 17.2 Å². The first-order valence-corrected chi connectivity index (χ1v) is 13.9. The van der Waals surface area contributed by atoms with Gasteiger partial charge < -0.3 is 25.8 Å². The number of nitrogens with zero attached hydrogens (tertiary/aromatic N) is 1. The van der Waals surface area contributed by atoms with E-state index in [1.165, 1.54) is 24.3 Å². The van der Waals surface area contributed by atoms with Crippen molar-refractivity contribution in [3.05, 3.63) is 107 Å². The highest BCUT2D eigenvalue weighted by Gasteiger charge is 2.32. The molecule has 3 amide bonds. The first kappa shape index (κ1) is 30.3. The van der Waals surface area contributed by atoms with Gasteiger partial charge in [0.15, 0.2) is 0 Å². The monoisotopic (exact) mass is 590 g/mol. The molecule has 218 valence electrons. The minimum absolute atomic E-state index is 0.0115. The molecule has 1 aromatic heterocycles. The van der Waals surface area contributed by atoms with Crippen molar-refractivity contribution in [1.82, 2.24) is 15.2 Å². The second kappa shape index (κ2) is 13.8. The molecule has 0 spiro atoms. The Morgan fingerprint density at radius 2 is 1.95 bits per heavy atom. The summed E-state index contributed by atoms with van der Waals surface area (Å²) in [5, 5.41) is 17.4. The topological polar surface area (TPSA) is 130 Å². The maximum absolute atomic E-state index is 14.4. The van der Waals surface area contributed by atoms with Crippen molar-refractivity contribution in [3.63, 3.8) is 0 Å². The van der Waals surface area contributed by atoms with E-state index in [1.54, 1.807) is 41.4 Å². The van der Waals surface area contributed by atoms with Crippen LogP contribution in [0.2, 0.25) is 0 Å². The highest BCUT2D eigenvalue weighted by atomic mass is 35.5. The number of anilines is 2. The molecule has 0 saturated carbocycles. The molecule has 0 aliphatic carbocycles. The van der Waals surface area contributed by atoms with Gasteiger partial charge in [0.05, 0.1) is 12.2 Å². The van der Waals surface area contributed by atoms with Crippen LogP contribution in [0.4, 0.5) is 15.8 Å². The molecule has 2 aromatic carbocycles. The number of H-pyrrole nitrogens is 1. The summed E-state index contributed by atoms with van der Waals surface area (Å²) in [6.07, 6.45) is 4.34. The molecule has 11 heteroatoms. The molecule has 1 aliphatic heterocycles. The van der Waals surface area contributed by atoms with Gasteiger partial charge in [-0.05, 0) is 54.4 Å². The van der Waals surface area contributed by atoms with Crippen molar-refractivity contribution < 1.29 is 18.8 Å². The first-order valence-electron chi connectivity index (χ1n) is 13.3. The van der Waals surface area contributed by atoms with E-state index in [4.69, 9.17) is 17.0 Å². The summed E-state index contributed by atoms with van der Waals surface area (Å²) in [5.74, 6) is -2.04. The summed E-state index contributed by atoms with van der Waals surface area (Å²) in [5.41, 5.74) is 3.34. The van der Waals surface area contributed by atoms with Gasteiger partial charge in [0.2, 0.25) is 5.91 Å². The van der Waals surface area contributed by atoms with E-state index in [1.807, 2.05) is 26.0 Å². The summed E-state index contributed by atoms with van der Waals surface area (Å²) in [7, 11) is 0. The molecule has 1 atom stereocenters. The number of nitrogens with one attached hydrogen (secondary N) is 5. The van der Waals surface area contributed by atoms with Gasteiger partial charge in [0.25, 0.3) is 11.8 Å². The molecule has 0 bridgehead atoms. The number of carbonyl (C=O) groups is 3. The average Bonchev–Trinajstić information content (AvgIpc) is 3.51. The number of hydrogen-bond acceptors (Lipinski definition) is 5. The van der Waals surface area contributed by atoms with Gasteiger partial charge >= 0.3 is 0 Å². The largest absolute Gasteiger partial charge is 0.384 e. The SMILES string of the molecule is Cc1cccc(NC(=O)C(=N)C2=C(NCc3ccc(F)c(NC(=O)/C=C/CCl)c3)C(C)CN(C(=O)c3ccc[nH]3)C2)c1. The molecule has 0 fully saturated rings. The van der Waals surface area contributed by atoms with E-state index >= 15 is 0 Å². The van der Waals surface area contributed by atoms with Gasteiger partial charge in [-0.3, -0.25) is 19.8 Å². The van der Waals surface area contributed by atoms with E-state index in [0.717, 1.165) is 5.56 Å². The average molecular weight is 591 g/mol. The third-order valence-electron chi connectivity index (χ3n) is 6.71. The summed E-state index contributed by atoms with van der Waals surface area (Å²) in [4.78, 5) is 43.0. The van der Waals surface area contributed by atoms with Crippen molar-refractivity contribution >= 4 is 46.4 Å². The molecule has 1 aliphatic rings. The van der Waals surface area contributed by atoms with Crippen molar-refractivity contribution in [2.75, 3.05) is 29.6 Å². The Morgan fingerprint density at radius 3 is 2.67 bits per heavy atom. The fraction of sp³-hybridized carbons (Fsp3) is 0.226. The van der Waals surface area contributed by atoms with Gasteiger partial charge in [-0.25, -0.2) is 4.39 Å². The lowest BCUT2D eigenvalue weighted by molar-refractivity contribution is -0.112. The molecule has 5 N–H and O–H groups in total. The molecule has 2 heterocycles. The Balaban J connectivity index is 1.59. The lowest BCUT2D eigenvalue weighted by Crippen LogP contribution is -2.46. The highest BCUT2D eigenvalue weighted by molar-refractivity contribution is 6.48. The number of allylic oxidation sites excluding steroid dienone is 1. The van der Waals surface area contributed by atoms with Crippen LogP contribution in [0.3, 0.4) is 0 Å². The summed E-state index contributed by atoms with van der Waals surface area (Å²) >= 11 is 5.57. The number of alkyl halides is 1. The second-order valence-corrected chi connectivity index (χ2v) is 10.3. The summed E-state index contributed by atoms with van der Waals surface area (Å²) in [6, 6.07) is 15.0. The van der Waals surface area contributed by atoms with Gasteiger partial charge in [0, 0.05) is 54.1 Å². The van der Waals surface area contributed by atoms with Gasteiger partial charge in [-0.1, -0.05) is 31.2 Å². The fourth-order valence-corrected chi connectivity index (χ4v) is 4.79. The summed E-state index contributed by atoms with van der Waals surface area (Å²) in [6.45, 7) is 4.43. The molecular weight excluding hydrogens is 559 g/mol. The number of aryl methyl sites for hydroxylation is 1. The smallest absolute Gasteiger partial charge is 0.273 e. The van der Waals surface area contributed by atoms with Crippen molar-refractivity contribution in [1.29, 1.82) is 5.41 Å². The first-order chi connectivity index (χ1) is 20.2. The predicted molar refractivity (Wildman–Crippen MR) is 162 cm³/mol. The lowest BCUT2D eigenvalue weighted by atomic mass is 9.92. The Kier molecular flexibility index (Phi) is 9.93. The van der Waals surface area contributed by atoms with Crippen molar-refractivity contribution in [3.8, 4) is 0 Å². The molecule has 9 nitrogen and oxygen atoms in total. The second-order valence-electron chi connectivity index (χ2n) is 9.98. The van der Waals surface area contributed by atoms with Crippen molar-refractivity contribution in [2.24, 2.45) is 5.92 Å². The fourth-order valence-electron chi connectivity index (χ4n) is 4.70. The standard InChI is InChI=1S/C31H32ClFN6O3/c1-19-6-3-7-22(14-19)37-30(41)28(34)23-18-39(31(42)25-8-5-13-35-25)17-20(2)29(23)36-16-21-10-11-24(33)26(15-21)38-27(40)9-4-12-32/h3-11,13-15,20,34-36H,12,16-18H2,1-2H3,(H,37,41)(H,38,40)/b9-4+,34-28?.